The Hall–Kier alpha value is -3.49. The number of pyridine rings is 1. The third-order valence-corrected chi connectivity index (χ3v) is 4.86. The van der Waals surface area contributed by atoms with Crippen molar-refractivity contribution in [3.63, 3.8) is 0 Å². The van der Waals surface area contributed by atoms with Gasteiger partial charge in [0.05, 0.1) is 0 Å². The van der Waals surface area contributed by atoms with Crippen LogP contribution >= 0.6 is 0 Å². The maximum Gasteiger partial charge on any atom is 0.387 e. The van der Waals surface area contributed by atoms with Gasteiger partial charge in [-0.3, -0.25) is 4.79 Å². The SMILES string of the molecule is O=c1[nH]cc(-c2ccc(OC(F)F)cc2)cc1Nc1ccnc(N2CCCCC2)n1. The summed E-state index contributed by atoms with van der Waals surface area (Å²) in [5.41, 5.74) is 1.48. The van der Waals surface area contributed by atoms with Gasteiger partial charge in [0.2, 0.25) is 5.95 Å². The quantitative estimate of drug-likeness (QED) is 0.631. The summed E-state index contributed by atoms with van der Waals surface area (Å²) in [5.74, 6) is 1.23. The molecular weight excluding hydrogens is 392 g/mol. The third kappa shape index (κ3) is 4.73. The van der Waals surface area contributed by atoms with E-state index in [0.29, 0.717) is 23.0 Å². The Morgan fingerprint density at radius 1 is 1.07 bits per heavy atom. The number of nitrogens with one attached hydrogen (secondary N) is 2. The molecule has 3 aromatic rings. The number of aromatic nitrogens is 3. The Bertz CT molecular complexity index is 1050. The Labute approximate surface area is 171 Å². The van der Waals surface area contributed by atoms with Gasteiger partial charge in [0.15, 0.2) is 0 Å². The molecule has 3 heterocycles. The molecule has 156 valence electrons. The van der Waals surface area contributed by atoms with Crippen LogP contribution in [0.5, 0.6) is 5.75 Å². The van der Waals surface area contributed by atoms with E-state index in [1.807, 2.05) is 0 Å². The monoisotopic (exact) mass is 413 g/mol. The summed E-state index contributed by atoms with van der Waals surface area (Å²) in [6.07, 6.45) is 6.67. The van der Waals surface area contributed by atoms with E-state index >= 15 is 0 Å². The molecule has 9 heteroatoms. The van der Waals surface area contributed by atoms with Gasteiger partial charge < -0.3 is 19.9 Å². The van der Waals surface area contributed by atoms with E-state index in [4.69, 9.17) is 0 Å². The molecule has 1 aromatic carbocycles. The predicted octanol–water partition coefficient (Wildman–Crippen LogP) is 4.17. The average Bonchev–Trinajstić information content (AvgIpc) is 2.76. The fraction of sp³-hybridized carbons (Fsp3) is 0.286. The van der Waals surface area contributed by atoms with E-state index in [-0.39, 0.29) is 11.3 Å². The molecule has 0 radical (unpaired) electrons. The van der Waals surface area contributed by atoms with Gasteiger partial charge in [-0.2, -0.15) is 13.8 Å². The molecule has 1 saturated heterocycles. The minimum atomic E-state index is -2.87. The van der Waals surface area contributed by atoms with Gasteiger partial charge in [-0.1, -0.05) is 12.1 Å². The number of ether oxygens (including phenoxy) is 1. The number of aromatic amines is 1. The fourth-order valence-corrected chi connectivity index (χ4v) is 3.37. The summed E-state index contributed by atoms with van der Waals surface area (Å²) >= 11 is 0. The van der Waals surface area contributed by atoms with Gasteiger partial charge in [0, 0.05) is 31.0 Å². The van der Waals surface area contributed by atoms with Gasteiger partial charge in [-0.05, 0) is 49.1 Å². The van der Waals surface area contributed by atoms with Crippen molar-refractivity contribution in [2.24, 2.45) is 0 Å². The first-order valence-corrected chi connectivity index (χ1v) is 9.71. The van der Waals surface area contributed by atoms with Crippen molar-refractivity contribution in [1.29, 1.82) is 0 Å². The largest absolute Gasteiger partial charge is 0.435 e. The summed E-state index contributed by atoms with van der Waals surface area (Å²) < 4.78 is 29.0. The molecule has 1 fully saturated rings. The summed E-state index contributed by atoms with van der Waals surface area (Å²) in [6, 6.07) is 9.59. The van der Waals surface area contributed by atoms with Crippen molar-refractivity contribution in [3.8, 4) is 16.9 Å². The summed E-state index contributed by atoms with van der Waals surface area (Å²) in [5, 5.41) is 3.05. The number of alkyl halides is 2. The zero-order valence-corrected chi connectivity index (χ0v) is 16.1. The van der Waals surface area contributed by atoms with Crippen LogP contribution in [0.3, 0.4) is 0 Å². The molecule has 0 saturated carbocycles. The number of anilines is 3. The van der Waals surface area contributed by atoms with Crippen molar-refractivity contribution >= 4 is 17.5 Å². The Morgan fingerprint density at radius 2 is 1.83 bits per heavy atom. The maximum atomic E-state index is 12.3. The lowest BCUT2D eigenvalue weighted by Gasteiger charge is -2.26. The van der Waals surface area contributed by atoms with Crippen LogP contribution in [0, 0.1) is 0 Å². The zero-order chi connectivity index (χ0) is 20.9. The highest BCUT2D eigenvalue weighted by atomic mass is 19.3. The molecule has 2 aromatic heterocycles. The lowest BCUT2D eigenvalue weighted by atomic mass is 10.1. The van der Waals surface area contributed by atoms with Crippen molar-refractivity contribution in [3.05, 3.63) is 59.1 Å². The number of rotatable bonds is 6. The van der Waals surface area contributed by atoms with Crippen molar-refractivity contribution < 1.29 is 13.5 Å². The molecule has 2 N–H and O–H groups in total. The first-order valence-electron chi connectivity index (χ1n) is 9.71. The van der Waals surface area contributed by atoms with E-state index in [1.54, 1.807) is 36.7 Å². The number of piperidine rings is 1. The second-order valence-corrected chi connectivity index (χ2v) is 6.95. The summed E-state index contributed by atoms with van der Waals surface area (Å²) in [6.45, 7) is -1.03. The second-order valence-electron chi connectivity index (χ2n) is 6.95. The van der Waals surface area contributed by atoms with E-state index in [0.717, 1.165) is 31.5 Å². The molecule has 7 nitrogen and oxygen atoms in total. The number of benzene rings is 1. The van der Waals surface area contributed by atoms with Crippen LogP contribution in [-0.4, -0.2) is 34.7 Å². The molecule has 1 aliphatic heterocycles. The van der Waals surface area contributed by atoms with Crippen molar-refractivity contribution in [2.75, 3.05) is 23.3 Å². The molecule has 30 heavy (non-hydrogen) atoms. The highest BCUT2D eigenvalue weighted by Gasteiger charge is 2.14. The predicted molar refractivity (Wildman–Crippen MR) is 111 cm³/mol. The van der Waals surface area contributed by atoms with Crippen LogP contribution < -0.4 is 20.5 Å². The van der Waals surface area contributed by atoms with Crippen molar-refractivity contribution in [1.82, 2.24) is 15.0 Å². The normalized spacial score (nSPS) is 14.0. The minimum absolute atomic E-state index is 0.0720. The Morgan fingerprint density at radius 3 is 2.57 bits per heavy atom. The third-order valence-electron chi connectivity index (χ3n) is 4.86. The molecule has 0 amide bonds. The standard InChI is InChI=1S/C21H21F2N5O2/c22-20(23)30-16-6-4-14(5-7-16)15-12-17(19(29)25-13-15)26-18-8-9-24-21(27-18)28-10-2-1-3-11-28/h4-9,12-13,20H,1-3,10-11H2,(H,25,29)(H,24,26,27). The fourth-order valence-electron chi connectivity index (χ4n) is 3.37. The minimum Gasteiger partial charge on any atom is -0.435 e. The Kier molecular flexibility index (Phi) is 5.87. The number of hydrogen-bond acceptors (Lipinski definition) is 6. The van der Waals surface area contributed by atoms with E-state index in [9.17, 15) is 13.6 Å². The lowest BCUT2D eigenvalue weighted by molar-refractivity contribution is -0.0498. The van der Waals surface area contributed by atoms with Crippen LogP contribution in [0.1, 0.15) is 19.3 Å². The maximum absolute atomic E-state index is 12.3. The molecule has 0 unspecified atom stereocenters. The van der Waals surface area contributed by atoms with Crippen molar-refractivity contribution in [2.45, 2.75) is 25.9 Å². The molecule has 0 bridgehead atoms. The number of nitrogens with zero attached hydrogens (tertiary/aromatic N) is 3. The first kappa shape index (κ1) is 19.8. The number of hydrogen-bond donors (Lipinski definition) is 2. The molecule has 0 atom stereocenters. The van der Waals surface area contributed by atoms with Gasteiger partial charge in [-0.25, -0.2) is 4.98 Å². The second kappa shape index (κ2) is 8.89. The first-order chi connectivity index (χ1) is 14.6. The molecule has 0 aliphatic carbocycles. The molecule has 1 aliphatic rings. The topological polar surface area (TPSA) is 83.1 Å². The van der Waals surface area contributed by atoms with E-state index < -0.39 is 6.61 Å². The number of halogens is 2. The number of H-pyrrole nitrogens is 1. The van der Waals surface area contributed by atoms with Crippen LogP contribution in [0.4, 0.5) is 26.2 Å². The van der Waals surface area contributed by atoms with Crippen LogP contribution in [0.25, 0.3) is 11.1 Å². The highest BCUT2D eigenvalue weighted by molar-refractivity contribution is 5.69. The Balaban J connectivity index is 1.55. The summed E-state index contributed by atoms with van der Waals surface area (Å²) in [4.78, 5) is 26.0. The average molecular weight is 413 g/mol. The van der Waals surface area contributed by atoms with Crippen LogP contribution in [0.2, 0.25) is 0 Å². The van der Waals surface area contributed by atoms with Gasteiger partial charge in [0.1, 0.15) is 17.3 Å². The van der Waals surface area contributed by atoms with E-state index in [1.165, 1.54) is 18.6 Å². The van der Waals surface area contributed by atoms with Gasteiger partial charge in [-0.15, -0.1) is 0 Å². The molecule has 0 spiro atoms. The van der Waals surface area contributed by atoms with Gasteiger partial charge in [0.25, 0.3) is 5.56 Å². The highest BCUT2D eigenvalue weighted by Crippen LogP contribution is 2.25. The summed E-state index contributed by atoms with van der Waals surface area (Å²) in [7, 11) is 0. The zero-order valence-electron chi connectivity index (χ0n) is 16.1. The molecule has 4 rings (SSSR count). The van der Waals surface area contributed by atoms with Gasteiger partial charge >= 0.3 is 6.61 Å². The van der Waals surface area contributed by atoms with Crippen LogP contribution in [-0.2, 0) is 0 Å². The lowest BCUT2D eigenvalue weighted by Crippen LogP contribution is -2.31. The smallest absolute Gasteiger partial charge is 0.387 e. The van der Waals surface area contributed by atoms with Crippen LogP contribution in [0.15, 0.2) is 53.6 Å². The molecular formula is C21H21F2N5O2. The van der Waals surface area contributed by atoms with E-state index in [2.05, 4.69) is 29.9 Å².